The summed E-state index contributed by atoms with van der Waals surface area (Å²) in [6.45, 7) is 2.19. The van der Waals surface area contributed by atoms with Crippen molar-refractivity contribution in [3.63, 3.8) is 0 Å². The quantitative estimate of drug-likeness (QED) is 0.868. The van der Waals surface area contributed by atoms with Crippen molar-refractivity contribution in [2.45, 2.75) is 32.0 Å². The molecule has 1 N–H and O–H groups in total. The molecule has 0 amide bonds. The molecule has 1 fully saturated rings. The molecule has 1 atom stereocenters. The van der Waals surface area contributed by atoms with Gasteiger partial charge in [-0.1, -0.05) is 18.2 Å². The van der Waals surface area contributed by atoms with Crippen LogP contribution in [0.5, 0.6) is 0 Å². The molecule has 0 spiro atoms. The summed E-state index contributed by atoms with van der Waals surface area (Å²) in [5.41, 5.74) is -0.556. The summed E-state index contributed by atoms with van der Waals surface area (Å²) >= 11 is 0. The van der Waals surface area contributed by atoms with E-state index < -0.39 is 11.7 Å². The van der Waals surface area contributed by atoms with Crippen molar-refractivity contribution in [1.82, 2.24) is 4.90 Å². The number of benzene rings is 1. The van der Waals surface area contributed by atoms with Crippen LogP contribution in [0.25, 0.3) is 0 Å². The Bertz CT molecular complexity index is 507. The molecular weight excluding hydrogens is 307 g/mol. The summed E-state index contributed by atoms with van der Waals surface area (Å²) in [5.74, 6) is 0. The molecule has 0 aliphatic carbocycles. The Hall–Kier alpha value is -1.11. The van der Waals surface area contributed by atoms with Crippen molar-refractivity contribution in [1.29, 1.82) is 0 Å². The molecule has 2 rings (SSSR count). The van der Waals surface area contributed by atoms with E-state index in [1.807, 2.05) is 4.90 Å². The van der Waals surface area contributed by atoms with Crippen LogP contribution in [0.15, 0.2) is 24.3 Å². The van der Waals surface area contributed by atoms with E-state index in [4.69, 9.17) is 4.74 Å². The fourth-order valence-electron chi connectivity index (χ4n) is 3.35. The number of aliphatic hydroxyl groups excluding tert-OH is 1. The third-order valence-corrected chi connectivity index (χ3v) is 4.63. The largest absolute Gasteiger partial charge is 0.416 e. The molecule has 130 valence electrons. The first-order chi connectivity index (χ1) is 10.9. The number of methoxy groups -OCH3 is 1. The first-order valence-electron chi connectivity index (χ1n) is 7.87. The van der Waals surface area contributed by atoms with Crippen LogP contribution in [-0.4, -0.2) is 43.4 Å². The van der Waals surface area contributed by atoms with Crippen molar-refractivity contribution in [2.75, 3.05) is 33.4 Å². The Morgan fingerprint density at radius 3 is 2.70 bits per heavy atom. The van der Waals surface area contributed by atoms with E-state index in [2.05, 4.69) is 0 Å². The molecule has 3 nitrogen and oxygen atoms in total. The standard InChI is InChI=1S/C17H24F3NO2/c1-23-10-8-16(13-22)7-4-9-21(12-16)11-14-5-2-3-6-15(14)17(18,19)20/h2-3,5-6,22H,4,7-13H2,1H3. The van der Waals surface area contributed by atoms with Gasteiger partial charge in [0.1, 0.15) is 0 Å². The SMILES string of the molecule is COCCC1(CO)CCCN(Cc2ccccc2C(F)(F)F)C1. The predicted molar refractivity (Wildman–Crippen MR) is 82.0 cm³/mol. The van der Waals surface area contributed by atoms with Crippen LogP contribution in [0.3, 0.4) is 0 Å². The van der Waals surface area contributed by atoms with E-state index in [-0.39, 0.29) is 18.6 Å². The van der Waals surface area contributed by atoms with E-state index in [9.17, 15) is 18.3 Å². The molecule has 1 saturated heterocycles. The zero-order valence-corrected chi connectivity index (χ0v) is 13.4. The number of halogens is 3. The van der Waals surface area contributed by atoms with Crippen molar-refractivity contribution >= 4 is 0 Å². The van der Waals surface area contributed by atoms with Gasteiger partial charge in [0, 0.05) is 32.2 Å². The summed E-state index contributed by atoms with van der Waals surface area (Å²) < 4.78 is 44.4. The minimum atomic E-state index is -4.34. The number of ether oxygens (including phenoxy) is 1. The molecule has 1 heterocycles. The first-order valence-corrected chi connectivity index (χ1v) is 7.87. The number of likely N-dealkylation sites (tertiary alicyclic amines) is 1. The molecule has 1 unspecified atom stereocenters. The fourth-order valence-corrected chi connectivity index (χ4v) is 3.35. The summed E-state index contributed by atoms with van der Waals surface area (Å²) in [6, 6.07) is 5.72. The third kappa shape index (κ3) is 4.68. The number of rotatable bonds is 6. The van der Waals surface area contributed by atoms with Gasteiger partial charge in [-0.3, -0.25) is 4.90 Å². The second-order valence-corrected chi connectivity index (χ2v) is 6.37. The minimum Gasteiger partial charge on any atom is -0.396 e. The van der Waals surface area contributed by atoms with Crippen molar-refractivity contribution in [2.24, 2.45) is 5.41 Å². The second-order valence-electron chi connectivity index (χ2n) is 6.37. The number of aliphatic hydroxyl groups is 1. The molecule has 1 aliphatic heterocycles. The van der Waals surface area contributed by atoms with Gasteiger partial charge in [-0.05, 0) is 37.4 Å². The Morgan fingerprint density at radius 1 is 1.30 bits per heavy atom. The molecule has 1 aliphatic rings. The van der Waals surface area contributed by atoms with Crippen LogP contribution in [0, 0.1) is 5.41 Å². The third-order valence-electron chi connectivity index (χ3n) is 4.63. The first kappa shape index (κ1) is 18.2. The van der Waals surface area contributed by atoms with Crippen molar-refractivity contribution in [3.8, 4) is 0 Å². The molecule has 1 aromatic rings. The highest BCUT2D eigenvalue weighted by Gasteiger charge is 2.37. The van der Waals surface area contributed by atoms with Gasteiger partial charge in [0.2, 0.25) is 0 Å². The Morgan fingerprint density at radius 2 is 2.04 bits per heavy atom. The second kappa shape index (κ2) is 7.64. The smallest absolute Gasteiger partial charge is 0.396 e. The average Bonchev–Trinajstić information content (AvgIpc) is 2.53. The number of nitrogens with zero attached hydrogens (tertiary/aromatic N) is 1. The fraction of sp³-hybridized carbons (Fsp3) is 0.647. The van der Waals surface area contributed by atoms with Gasteiger partial charge in [-0.25, -0.2) is 0 Å². The number of hydrogen-bond donors (Lipinski definition) is 1. The van der Waals surface area contributed by atoms with E-state index in [0.717, 1.165) is 31.9 Å². The van der Waals surface area contributed by atoms with Crippen LogP contribution < -0.4 is 0 Å². The average molecular weight is 331 g/mol. The molecule has 0 bridgehead atoms. The van der Waals surface area contributed by atoms with Gasteiger partial charge < -0.3 is 9.84 Å². The monoisotopic (exact) mass is 331 g/mol. The lowest BCUT2D eigenvalue weighted by molar-refractivity contribution is -0.138. The molecule has 0 aromatic heterocycles. The normalized spacial score (nSPS) is 23.2. The summed E-state index contributed by atoms with van der Waals surface area (Å²) in [7, 11) is 1.62. The van der Waals surface area contributed by atoms with E-state index >= 15 is 0 Å². The minimum absolute atomic E-state index is 0.0355. The van der Waals surface area contributed by atoms with Crippen LogP contribution in [-0.2, 0) is 17.5 Å². The van der Waals surface area contributed by atoms with Crippen LogP contribution in [0.2, 0.25) is 0 Å². The highest BCUT2D eigenvalue weighted by atomic mass is 19.4. The summed E-state index contributed by atoms with van der Waals surface area (Å²) in [6.07, 6.45) is -1.86. The zero-order valence-electron chi connectivity index (χ0n) is 13.4. The summed E-state index contributed by atoms with van der Waals surface area (Å²) in [5, 5.41) is 9.77. The van der Waals surface area contributed by atoms with Crippen LogP contribution >= 0.6 is 0 Å². The molecule has 1 aromatic carbocycles. The molecule has 0 saturated carbocycles. The highest BCUT2D eigenvalue weighted by molar-refractivity contribution is 5.29. The van der Waals surface area contributed by atoms with Gasteiger partial charge in [0.25, 0.3) is 0 Å². The predicted octanol–water partition coefficient (Wildman–Crippen LogP) is 3.32. The lowest BCUT2D eigenvalue weighted by atomic mass is 9.78. The maximum absolute atomic E-state index is 13.1. The van der Waals surface area contributed by atoms with Gasteiger partial charge in [-0.2, -0.15) is 13.2 Å². The van der Waals surface area contributed by atoms with E-state index in [1.54, 1.807) is 13.2 Å². The molecule has 0 radical (unpaired) electrons. The zero-order chi connectivity index (χ0) is 16.9. The van der Waals surface area contributed by atoms with Crippen LogP contribution in [0.4, 0.5) is 13.2 Å². The number of piperidine rings is 1. The Balaban J connectivity index is 2.11. The molecule has 23 heavy (non-hydrogen) atoms. The van der Waals surface area contributed by atoms with Crippen molar-refractivity contribution < 1.29 is 23.0 Å². The Labute approximate surface area is 135 Å². The summed E-state index contributed by atoms with van der Waals surface area (Å²) in [4.78, 5) is 2.01. The topological polar surface area (TPSA) is 32.7 Å². The lowest BCUT2D eigenvalue weighted by Gasteiger charge is -2.42. The molecular formula is C17H24F3NO2. The maximum atomic E-state index is 13.1. The molecule has 6 heteroatoms. The van der Waals surface area contributed by atoms with Gasteiger partial charge >= 0.3 is 6.18 Å². The highest BCUT2D eigenvalue weighted by Crippen LogP contribution is 2.36. The van der Waals surface area contributed by atoms with Crippen molar-refractivity contribution in [3.05, 3.63) is 35.4 Å². The van der Waals surface area contributed by atoms with Gasteiger partial charge in [-0.15, -0.1) is 0 Å². The van der Waals surface area contributed by atoms with Crippen LogP contribution in [0.1, 0.15) is 30.4 Å². The lowest BCUT2D eigenvalue weighted by Crippen LogP contribution is -2.45. The Kier molecular flexibility index (Phi) is 6.06. The van der Waals surface area contributed by atoms with Gasteiger partial charge in [0.05, 0.1) is 12.2 Å². The van der Waals surface area contributed by atoms with Gasteiger partial charge in [0.15, 0.2) is 0 Å². The van der Waals surface area contributed by atoms with E-state index in [1.165, 1.54) is 12.1 Å². The van der Waals surface area contributed by atoms with E-state index in [0.29, 0.717) is 18.7 Å². The number of alkyl halides is 3. The number of hydrogen-bond acceptors (Lipinski definition) is 3. The maximum Gasteiger partial charge on any atom is 0.416 e.